The number of aromatic nitrogens is 1. The molecule has 11 heteroatoms. The maximum atomic E-state index is 13.5. The van der Waals surface area contributed by atoms with Gasteiger partial charge in [-0.2, -0.15) is 13.2 Å². The number of alkyl halides is 3. The van der Waals surface area contributed by atoms with Crippen LogP contribution in [0.5, 0.6) is 5.75 Å². The molecule has 0 atom stereocenters. The van der Waals surface area contributed by atoms with Crippen LogP contribution in [0.2, 0.25) is 0 Å². The van der Waals surface area contributed by atoms with Gasteiger partial charge in [0.1, 0.15) is 5.75 Å². The summed E-state index contributed by atoms with van der Waals surface area (Å²) in [5, 5.41) is 3.65. The summed E-state index contributed by atoms with van der Waals surface area (Å²) in [5.41, 5.74) is -0.720. The Morgan fingerprint density at radius 1 is 1.09 bits per heavy atom. The molecule has 4 rings (SSSR count). The topological polar surface area (TPSA) is 85.4 Å². The number of ether oxygens (including phenoxy) is 1. The molecule has 2 heterocycles. The number of fused-ring (bicyclic) bond motifs is 1. The van der Waals surface area contributed by atoms with Crippen LogP contribution in [0.4, 0.5) is 13.2 Å². The van der Waals surface area contributed by atoms with Crippen molar-refractivity contribution in [3.8, 4) is 5.75 Å². The van der Waals surface area contributed by atoms with Crippen LogP contribution in [0.1, 0.15) is 20.8 Å². The third-order valence-corrected chi connectivity index (χ3v) is 7.93. The number of amides is 1. The number of nitrogens with zero attached hydrogens (tertiary/aromatic N) is 1. The van der Waals surface area contributed by atoms with Crippen LogP contribution in [-0.2, 0) is 22.6 Å². The number of sulfone groups is 1. The number of hydrogen-bond acceptors (Lipinski definition) is 6. The SMILES string of the molecule is COc1ccc(S(=O)(=O)c2ccc(CNC(=O)c3cc4ccncc4s3)cc2)c(C(F)(F)F)c1. The van der Waals surface area contributed by atoms with Crippen LogP contribution in [0.15, 0.2) is 76.8 Å². The van der Waals surface area contributed by atoms with Crippen molar-refractivity contribution in [1.29, 1.82) is 0 Å². The molecule has 0 bridgehead atoms. The van der Waals surface area contributed by atoms with E-state index in [2.05, 4.69) is 10.3 Å². The predicted molar refractivity (Wildman–Crippen MR) is 121 cm³/mol. The lowest BCUT2D eigenvalue weighted by Gasteiger charge is -2.15. The standard InChI is InChI=1S/C23H17F3N2O4S2/c1-32-16-4-7-21(18(11-16)23(24,25)26)34(30,31)17-5-2-14(3-6-17)12-28-22(29)19-10-15-8-9-27-13-20(15)33-19/h2-11,13H,12H2,1H3,(H,28,29). The molecular weight excluding hydrogens is 489 g/mol. The highest BCUT2D eigenvalue weighted by molar-refractivity contribution is 7.91. The first kappa shape index (κ1) is 23.7. The second-order valence-electron chi connectivity index (χ2n) is 7.21. The van der Waals surface area contributed by atoms with Crippen LogP contribution >= 0.6 is 11.3 Å². The van der Waals surface area contributed by atoms with Gasteiger partial charge in [-0.1, -0.05) is 12.1 Å². The van der Waals surface area contributed by atoms with E-state index in [0.29, 0.717) is 16.5 Å². The molecule has 0 aliphatic heterocycles. The number of carbonyl (C=O) groups is 1. The molecule has 0 radical (unpaired) electrons. The fourth-order valence-corrected chi connectivity index (χ4v) is 5.68. The van der Waals surface area contributed by atoms with Gasteiger partial charge in [-0.05, 0) is 53.4 Å². The van der Waals surface area contributed by atoms with Crippen molar-refractivity contribution in [2.75, 3.05) is 7.11 Å². The third kappa shape index (κ3) is 4.75. The van der Waals surface area contributed by atoms with Gasteiger partial charge in [0.15, 0.2) is 0 Å². The number of pyridine rings is 1. The fraction of sp³-hybridized carbons (Fsp3) is 0.130. The molecule has 0 saturated carbocycles. The van der Waals surface area contributed by atoms with Gasteiger partial charge >= 0.3 is 6.18 Å². The Hall–Kier alpha value is -3.44. The number of nitrogens with one attached hydrogen (secondary N) is 1. The smallest absolute Gasteiger partial charge is 0.417 e. The Bertz CT molecular complexity index is 1430. The van der Waals surface area contributed by atoms with Crippen molar-refractivity contribution in [1.82, 2.24) is 10.3 Å². The molecule has 1 amide bonds. The first-order chi connectivity index (χ1) is 16.1. The normalized spacial score (nSPS) is 12.0. The molecule has 6 nitrogen and oxygen atoms in total. The van der Waals surface area contributed by atoms with E-state index in [4.69, 9.17) is 4.74 Å². The lowest BCUT2D eigenvalue weighted by atomic mass is 10.2. The number of halogens is 3. The van der Waals surface area contributed by atoms with Crippen LogP contribution < -0.4 is 10.1 Å². The van der Waals surface area contributed by atoms with E-state index in [-0.39, 0.29) is 23.1 Å². The zero-order valence-corrected chi connectivity index (χ0v) is 19.2. The number of methoxy groups -OCH3 is 1. The van der Waals surface area contributed by atoms with Gasteiger partial charge in [-0.25, -0.2) is 8.42 Å². The quantitative estimate of drug-likeness (QED) is 0.394. The van der Waals surface area contributed by atoms with Crippen molar-refractivity contribution in [2.45, 2.75) is 22.5 Å². The van der Waals surface area contributed by atoms with Crippen LogP contribution in [-0.4, -0.2) is 26.4 Å². The highest BCUT2D eigenvalue weighted by atomic mass is 32.2. The molecule has 0 aliphatic rings. The minimum atomic E-state index is -4.89. The van der Waals surface area contributed by atoms with E-state index in [1.165, 1.54) is 42.7 Å². The molecule has 176 valence electrons. The summed E-state index contributed by atoms with van der Waals surface area (Å²) in [7, 11) is -3.26. The van der Waals surface area contributed by atoms with Crippen LogP contribution in [0.3, 0.4) is 0 Å². The van der Waals surface area contributed by atoms with Gasteiger partial charge < -0.3 is 10.1 Å². The molecule has 0 spiro atoms. The lowest BCUT2D eigenvalue weighted by Crippen LogP contribution is -2.21. The zero-order valence-electron chi connectivity index (χ0n) is 17.6. The highest BCUT2D eigenvalue weighted by Crippen LogP contribution is 2.38. The summed E-state index contributed by atoms with van der Waals surface area (Å²) in [6.45, 7) is 0.113. The maximum Gasteiger partial charge on any atom is 0.417 e. The number of hydrogen-bond donors (Lipinski definition) is 1. The molecule has 2 aromatic heterocycles. The van der Waals surface area contributed by atoms with E-state index in [9.17, 15) is 26.4 Å². The Morgan fingerprint density at radius 2 is 1.82 bits per heavy atom. The summed E-state index contributed by atoms with van der Waals surface area (Å²) >= 11 is 1.30. The van der Waals surface area contributed by atoms with Crippen LogP contribution in [0, 0.1) is 0 Å². The van der Waals surface area contributed by atoms with Gasteiger partial charge in [0.2, 0.25) is 9.84 Å². The molecule has 34 heavy (non-hydrogen) atoms. The molecule has 0 aliphatic carbocycles. The molecule has 1 N–H and O–H groups in total. The van der Waals surface area contributed by atoms with Gasteiger partial charge in [0.05, 0.1) is 32.0 Å². The summed E-state index contributed by atoms with van der Waals surface area (Å²) < 4.78 is 72.0. The summed E-state index contributed by atoms with van der Waals surface area (Å²) in [6, 6.07) is 11.6. The fourth-order valence-electron chi connectivity index (χ4n) is 3.27. The zero-order chi connectivity index (χ0) is 24.5. The Morgan fingerprint density at radius 3 is 2.47 bits per heavy atom. The van der Waals surface area contributed by atoms with Crippen molar-refractivity contribution >= 4 is 37.2 Å². The average molecular weight is 507 g/mol. The Labute approximate surface area is 196 Å². The number of thiophene rings is 1. The van der Waals surface area contributed by atoms with E-state index in [1.54, 1.807) is 24.5 Å². The molecule has 2 aromatic carbocycles. The Kier molecular flexibility index (Phi) is 6.32. The van der Waals surface area contributed by atoms with Crippen molar-refractivity contribution in [3.05, 3.63) is 83.0 Å². The first-order valence-electron chi connectivity index (χ1n) is 9.80. The summed E-state index contributed by atoms with van der Waals surface area (Å²) in [6.07, 6.45) is -1.58. The molecule has 0 saturated heterocycles. The van der Waals surface area contributed by atoms with Gasteiger partial charge in [-0.15, -0.1) is 11.3 Å². The second-order valence-corrected chi connectivity index (χ2v) is 10.2. The predicted octanol–water partition coefficient (Wildman–Crippen LogP) is 5.09. The molecular formula is C23H17F3N2O4S2. The van der Waals surface area contributed by atoms with Crippen LogP contribution in [0.25, 0.3) is 10.1 Å². The Balaban J connectivity index is 1.52. The minimum Gasteiger partial charge on any atom is -0.497 e. The van der Waals surface area contributed by atoms with E-state index in [0.717, 1.165) is 22.2 Å². The number of rotatable bonds is 6. The molecule has 0 unspecified atom stereocenters. The van der Waals surface area contributed by atoms with E-state index < -0.39 is 26.5 Å². The number of benzene rings is 2. The molecule has 0 fully saturated rings. The van der Waals surface area contributed by atoms with Gasteiger partial charge in [-0.3, -0.25) is 9.78 Å². The average Bonchev–Trinajstić information content (AvgIpc) is 3.26. The number of carbonyl (C=O) groups excluding carboxylic acids is 1. The first-order valence-corrected chi connectivity index (χ1v) is 12.1. The van der Waals surface area contributed by atoms with Gasteiger partial charge in [0.25, 0.3) is 5.91 Å². The van der Waals surface area contributed by atoms with E-state index >= 15 is 0 Å². The van der Waals surface area contributed by atoms with Crippen molar-refractivity contribution < 1.29 is 31.1 Å². The van der Waals surface area contributed by atoms with Gasteiger partial charge in [0, 0.05) is 18.9 Å². The minimum absolute atomic E-state index is 0.104. The van der Waals surface area contributed by atoms with Crippen molar-refractivity contribution in [2.24, 2.45) is 0 Å². The summed E-state index contributed by atoms with van der Waals surface area (Å²) in [5.74, 6) is -0.404. The lowest BCUT2D eigenvalue weighted by molar-refractivity contribution is -0.140. The summed E-state index contributed by atoms with van der Waals surface area (Å²) in [4.78, 5) is 15.8. The molecule has 4 aromatic rings. The third-order valence-electron chi connectivity index (χ3n) is 5.02. The second kappa shape index (κ2) is 9.07. The maximum absolute atomic E-state index is 13.5. The van der Waals surface area contributed by atoms with E-state index in [1.807, 2.05) is 0 Å². The van der Waals surface area contributed by atoms with Crippen molar-refractivity contribution in [3.63, 3.8) is 0 Å². The highest BCUT2D eigenvalue weighted by Gasteiger charge is 2.38. The largest absolute Gasteiger partial charge is 0.497 e. The monoisotopic (exact) mass is 506 g/mol.